The summed E-state index contributed by atoms with van der Waals surface area (Å²) in [6, 6.07) is 14.4. The number of carbonyl (C=O) groups is 2. The van der Waals surface area contributed by atoms with E-state index in [1.165, 1.54) is 4.90 Å². The maximum atomic E-state index is 13.2. The van der Waals surface area contributed by atoms with Crippen LogP contribution in [0, 0.1) is 6.92 Å². The van der Waals surface area contributed by atoms with Crippen LogP contribution in [0.4, 0.5) is 16.3 Å². The Balaban J connectivity index is 1.83. The number of hydrogen-bond donors (Lipinski definition) is 2. The highest BCUT2D eigenvalue weighted by molar-refractivity contribution is 6.43. The lowest BCUT2D eigenvalue weighted by atomic mass is 9.92. The van der Waals surface area contributed by atoms with E-state index in [4.69, 9.17) is 28.3 Å². The third-order valence-corrected chi connectivity index (χ3v) is 6.75. The van der Waals surface area contributed by atoms with Gasteiger partial charge in [0.25, 0.3) is 0 Å². The van der Waals surface area contributed by atoms with Gasteiger partial charge in [0.05, 0.1) is 27.1 Å². The van der Waals surface area contributed by atoms with Crippen LogP contribution in [-0.2, 0) is 10.2 Å². The standard InChI is InChI=1S/C28H35Cl2N5O2/c1-6-7-10-16-34(27(37)31-21-14-11-13-20(29)26(21)30)18-25(36)32-24-17-23(28(3,4)5)33-35(24)22-15-9-8-12-19(22)2/h8-9,11-15,17H,6-7,10,16,18H2,1-5H3,(H,31,37)(H,32,36). The number of unbranched alkanes of at least 4 members (excludes halogenated alkanes) is 2. The second-order valence-electron chi connectivity index (χ2n) is 10.1. The number of nitrogens with zero attached hydrogens (tertiary/aromatic N) is 3. The van der Waals surface area contributed by atoms with Gasteiger partial charge in [-0.25, -0.2) is 9.48 Å². The lowest BCUT2D eigenvalue weighted by molar-refractivity contribution is -0.116. The Morgan fingerprint density at radius 2 is 1.76 bits per heavy atom. The Labute approximate surface area is 229 Å². The molecule has 0 atom stereocenters. The van der Waals surface area contributed by atoms with Gasteiger partial charge >= 0.3 is 6.03 Å². The lowest BCUT2D eigenvalue weighted by Crippen LogP contribution is -2.41. The summed E-state index contributed by atoms with van der Waals surface area (Å²) in [7, 11) is 0. The molecule has 2 N–H and O–H groups in total. The summed E-state index contributed by atoms with van der Waals surface area (Å²) < 4.78 is 1.75. The van der Waals surface area contributed by atoms with Crippen molar-refractivity contribution in [2.75, 3.05) is 23.7 Å². The van der Waals surface area contributed by atoms with Crippen molar-refractivity contribution in [2.24, 2.45) is 0 Å². The van der Waals surface area contributed by atoms with Crippen molar-refractivity contribution in [2.45, 2.75) is 59.3 Å². The number of nitrogens with one attached hydrogen (secondary N) is 2. The summed E-state index contributed by atoms with van der Waals surface area (Å²) in [4.78, 5) is 27.9. The van der Waals surface area contributed by atoms with E-state index in [-0.39, 0.29) is 22.9 Å². The molecule has 7 nitrogen and oxygen atoms in total. The summed E-state index contributed by atoms with van der Waals surface area (Å²) >= 11 is 12.4. The monoisotopic (exact) mass is 543 g/mol. The molecule has 2 aromatic carbocycles. The minimum Gasteiger partial charge on any atom is -0.315 e. The van der Waals surface area contributed by atoms with Crippen LogP contribution in [0.5, 0.6) is 0 Å². The normalized spacial score (nSPS) is 11.3. The van der Waals surface area contributed by atoms with Crippen LogP contribution < -0.4 is 10.6 Å². The van der Waals surface area contributed by atoms with Gasteiger partial charge in [-0.2, -0.15) is 5.10 Å². The van der Waals surface area contributed by atoms with Gasteiger partial charge in [0.2, 0.25) is 5.91 Å². The molecule has 0 saturated carbocycles. The first-order valence-corrected chi connectivity index (χ1v) is 13.2. The second kappa shape index (κ2) is 12.5. The number of rotatable bonds is 9. The predicted molar refractivity (Wildman–Crippen MR) is 152 cm³/mol. The first-order chi connectivity index (χ1) is 17.5. The zero-order valence-corrected chi connectivity index (χ0v) is 23.6. The largest absolute Gasteiger partial charge is 0.322 e. The third kappa shape index (κ3) is 7.49. The first-order valence-electron chi connectivity index (χ1n) is 12.5. The van der Waals surface area contributed by atoms with Crippen molar-refractivity contribution < 1.29 is 9.59 Å². The van der Waals surface area contributed by atoms with Gasteiger partial charge in [0.15, 0.2) is 0 Å². The molecule has 9 heteroatoms. The molecule has 198 valence electrons. The average Bonchev–Trinajstić information content (AvgIpc) is 3.25. The summed E-state index contributed by atoms with van der Waals surface area (Å²) in [5.41, 5.74) is 2.93. The molecule has 0 bridgehead atoms. The molecule has 0 unspecified atom stereocenters. The summed E-state index contributed by atoms with van der Waals surface area (Å²) in [6.07, 6.45) is 2.71. The van der Waals surface area contributed by atoms with Gasteiger partial charge < -0.3 is 15.5 Å². The fourth-order valence-electron chi connectivity index (χ4n) is 3.78. The molecule has 0 fully saturated rings. The molecular formula is C28H35Cl2N5O2. The zero-order valence-electron chi connectivity index (χ0n) is 22.1. The molecule has 0 spiro atoms. The molecule has 1 heterocycles. The smallest absolute Gasteiger partial charge is 0.315 e. The van der Waals surface area contributed by atoms with E-state index in [0.29, 0.717) is 23.1 Å². The maximum Gasteiger partial charge on any atom is 0.322 e. The number of anilines is 2. The molecular weight excluding hydrogens is 509 g/mol. The topological polar surface area (TPSA) is 79.3 Å². The van der Waals surface area contributed by atoms with E-state index < -0.39 is 6.03 Å². The van der Waals surface area contributed by atoms with Gasteiger partial charge in [-0.1, -0.05) is 88.0 Å². The Morgan fingerprint density at radius 3 is 2.43 bits per heavy atom. The Hall–Kier alpha value is -3.03. The van der Waals surface area contributed by atoms with Gasteiger partial charge in [0, 0.05) is 18.0 Å². The SMILES string of the molecule is CCCCCN(CC(=O)Nc1cc(C(C)(C)C)nn1-c1ccccc1C)C(=O)Nc1cccc(Cl)c1Cl. The zero-order chi connectivity index (χ0) is 27.2. The van der Waals surface area contributed by atoms with Crippen LogP contribution in [0.2, 0.25) is 10.0 Å². The number of amides is 3. The Morgan fingerprint density at radius 1 is 1.03 bits per heavy atom. The quantitative estimate of drug-likeness (QED) is 0.275. The minimum atomic E-state index is -0.418. The number of benzene rings is 2. The summed E-state index contributed by atoms with van der Waals surface area (Å²) in [5, 5.41) is 11.2. The number of para-hydroxylation sites is 1. The second-order valence-corrected chi connectivity index (χ2v) is 10.9. The number of aryl methyl sites for hydroxylation is 1. The van der Waals surface area contributed by atoms with E-state index in [1.54, 1.807) is 22.9 Å². The van der Waals surface area contributed by atoms with Crippen molar-refractivity contribution in [3.8, 4) is 5.69 Å². The molecule has 37 heavy (non-hydrogen) atoms. The molecule has 0 aliphatic carbocycles. The minimum absolute atomic E-state index is 0.127. The number of aromatic nitrogens is 2. The highest BCUT2D eigenvalue weighted by Gasteiger charge is 2.24. The van der Waals surface area contributed by atoms with E-state index in [9.17, 15) is 9.59 Å². The van der Waals surface area contributed by atoms with Crippen LogP contribution in [0.25, 0.3) is 5.69 Å². The Bertz CT molecular complexity index is 1250. The first kappa shape index (κ1) is 28.5. The maximum absolute atomic E-state index is 13.2. The molecule has 1 aromatic heterocycles. The number of urea groups is 1. The number of hydrogen-bond acceptors (Lipinski definition) is 3. The summed E-state index contributed by atoms with van der Waals surface area (Å²) in [5.74, 6) is 0.232. The van der Waals surface area contributed by atoms with Crippen molar-refractivity contribution >= 4 is 46.6 Å². The van der Waals surface area contributed by atoms with Gasteiger partial charge in [0.1, 0.15) is 12.4 Å². The summed E-state index contributed by atoms with van der Waals surface area (Å²) in [6.45, 7) is 10.6. The van der Waals surface area contributed by atoms with E-state index in [1.807, 2.05) is 37.3 Å². The van der Waals surface area contributed by atoms with Crippen LogP contribution in [0.15, 0.2) is 48.5 Å². The lowest BCUT2D eigenvalue weighted by Gasteiger charge is -2.23. The fourth-order valence-corrected chi connectivity index (χ4v) is 4.12. The molecule has 0 aliphatic rings. The van der Waals surface area contributed by atoms with Gasteiger partial charge in [-0.15, -0.1) is 0 Å². The van der Waals surface area contributed by atoms with Crippen molar-refractivity contribution in [1.29, 1.82) is 0 Å². The molecule has 0 saturated heterocycles. The van der Waals surface area contributed by atoms with Crippen LogP contribution in [0.1, 0.15) is 58.2 Å². The molecule has 3 amide bonds. The highest BCUT2D eigenvalue weighted by atomic mass is 35.5. The molecule has 3 aromatic rings. The van der Waals surface area contributed by atoms with E-state index in [2.05, 4.69) is 38.3 Å². The van der Waals surface area contributed by atoms with Crippen molar-refractivity contribution in [1.82, 2.24) is 14.7 Å². The number of carbonyl (C=O) groups excluding carboxylic acids is 2. The van der Waals surface area contributed by atoms with Crippen LogP contribution in [0.3, 0.4) is 0 Å². The Kier molecular flexibility index (Phi) is 9.62. The van der Waals surface area contributed by atoms with Crippen LogP contribution in [-0.4, -0.2) is 39.7 Å². The third-order valence-electron chi connectivity index (χ3n) is 5.94. The van der Waals surface area contributed by atoms with Crippen molar-refractivity contribution in [3.05, 3.63) is 69.8 Å². The molecule has 0 radical (unpaired) electrons. The molecule has 0 aliphatic heterocycles. The molecule has 3 rings (SSSR count). The van der Waals surface area contributed by atoms with E-state index >= 15 is 0 Å². The number of halogens is 2. The van der Waals surface area contributed by atoms with Crippen molar-refractivity contribution in [3.63, 3.8) is 0 Å². The van der Waals surface area contributed by atoms with Gasteiger partial charge in [-0.05, 0) is 37.1 Å². The highest BCUT2D eigenvalue weighted by Crippen LogP contribution is 2.30. The van der Waals surface area contributed by atoms with E-state index in [0.717, 1.165) is 36.2 Å². The van der Waals surface area contributed by atoms with Gasteiger partial charge in [-0.3, -0.25) is 4.79 Å². The average molecular weight is 545 g/mol. The fraction of sp³-hybridized carbons (Fsp3) is 0.393. The predicted octanol–water partition coefficient (Wildman–Crippen LogP) is 7.45. The van der Waals surface area contributed by atoms with Crippen LogP contribution >= 0.6 is 23.2 Å².